The Morgan fingerprint density at radius 1 is 0.203 bits per heavy atom. The highest BCUT2D eigenvalue weighted by atomic mass is 16.6. The molecule has 0 aliphatic heterocycles. The summed E-state index contributed by atoms with van der Waals surface area (Å²) < 4.78 is 120. The fourth-order valence-corrected chi connectivity index (χ4v) is 5.82. The maximum absolute atomic E-state index is 6.81. The van der Waals surface area contributed by atoms with Crippen molar-refractivity contribution in [3.8, 4) is 0 Å². The predicted molar refractivity (Wildman–Crippen MR) is 260 cm³/mol. The highest BCUT2D eigenvalue weighted by Crippen LogP contribution is 2.25. The molecule has 0 aliphatic rings. The van der Waals surface area contributed by atoms with Gasteiger partial charge in [-0.1, -0.05) is 0 Å². The molecule has 0 aliphatic carbocycles. The van der Waals surface area contributed by atoms with Crippen molar-refractivity contribution >= 4 is 0 Å². The molecule has 20 heteroatoms. The minimum absolute atomic E-state index is 0.108. The standard InChI is InChI=1S/C49H100O20/c1-9-50-17-25-58-33-45(34-59-26-18-51-10-2)66-41-49(42-67-46(35-60-27-19-52-11-3)36-61-28-20-53-12-4,43-68-47(37-62-29-21-54-13-5)38-63-30-22-55-14-6)44-69-48(39-64-31-23-56-15-7)40-65-32-24-57-16-8/h45-48H,9-44H2,1-8H3. The predicted octanol–water partition coefficient (Wildman–Crippen LogP) is 3.94. The van der Waals surface area contributed by atoms with E-state index in [1.165, 1.54) is 0 Å². The van der Waals surface area contributed by atoms with Crippen LogP contribution >= 0.6 is 0 Å². The quantitative estimate of drug-likeness (QED) is 0.0798. The average molecular weight is 1010 g/mol. The summed E-state index contributed by atoms with van der Waals surface area (Å²) in [5.74, 6) is 0. The summed E-state index contributed by atoms with van der Waals surface area (Å²) in [7, 11) is 0. The van der Waals surface area contributed by atoms with Crippen LogP contribution in [0.3, 0.4) is 0 Å². The second-order valence-corrected chi connectivity index (χ2v) is 15.4. The number of ether oxygens (including phenoxy) is 20. The summed E-state index contributed by atoms with van der Waals surface area (Å²) in [5.41, 5.74) is -0.965. The Bertz CT molecular complexity index is 771. The van der Waals surface area contributed by atoms with Crippen molar-refractivity contribution in [2.24, 2.45) is 5.41 Å². The van der Waals surface area contributed by atoms with Crippen LogP contribution in [0.2, 0.25) is 0 Å². The van der Waals surface area contributed by atoms with Crippen LogP contribution in [-0.2, 0) is 94.7 Å². The van der Waals surface area contributed by atoms with E-state index in [4.69, 9.17) is 94.7 Å². The first-order valence-electron chi connectivity index (χ1n) is 25.7. The van der Waals surface area contributed by atoms with E-state index in [0.29, 0.717) is 159 Å². The monoisotopic (exact) mass is 1010 g/mol. The second kappa shape index (κ2) is 55.0. The first-order valence-corrected chi connectivity index (χ1v) is 25.7. The molecule has 0 aromatic carbocycles. The lowest BCUT2D eigenvalue weighted by Crippen LogP contribution is -2.48. The van der Waals surface area contributed by atoms with E-state index in [-0.39, 0.29) is 79.3 Å². The molecule has 0 heterocycles. The van der Waals surface area contributed by atoms with Gasteiger partial charge in [0.2, 0.25) is 0 Å². The molecule has 0 unspecified atom stereocenters. The molecule has 0 aromatic rings. The molecule has 20 nitrogen and oxygen atoms in total. The van der Waals surface area contributed by atoms with E-state index < -0.39 is 29.8 Å². The van der Waals surface area contributed by atoms with Crippen LogP contribution in [0.4, 0.5) is 0 Å². The minimum Gasteiger partial charge on any atom is -0.379 e. The van der Waals surface area contributed by atoms with Gasteiger partial charge in [-0.25, -0.2) is 0 Å². The van der Waals surface area contributed by atoms with Crippen LogP contribution in [0.1, 0.15) is 55.4 Å². The highest BCUT2D eigenvalue weighted by molar-refractivity contribution is 4.83. The first-order chi connectivity index (χ1) is 34.0. The topological polar surface area (TPSA) is 185 Å². The van der Waals surface area contributed by atoms with Crippen molar-refractivity contribution in [1.82, 2.24) is 0 Å². The van der Waals surface area contributed by atoms with Crippen LogP contribution in [0.25, 0.3) is 0 Å². The van der Waals surface area contributed by atoms with Crippen molar-refractivity contribution in [2.75, 3.05) is 238 Å². The molecule has 0 bridgehead atoms. The zero-order valence-corrected chi connectivity index (χ0v) is 44.4. The summed E-state index contributed by atoms with van der Waals surface area (Å²) in [5, 5.41) is 0. The molecule has 0 spiro atoms. The molecular formula is C49H100O20. The maximum Gasteiger partial charge on any atom is 0.104 e. The summed E-state index contributed by atoms with van der Waals surface area (Å²) in [6.45, 7) is 29.5. The first kappa shape index (κ1) is 68.2. The van der Waals surface area contributed by atoms with E-state index in [9.17, 15) is 0 Å². The van der Waals surface area contributed by atoms with Gasteiger partial charge in [0.25, 0.3) is 0 Å². The average Bonchev–Trinajstić information content (AvgIpc) is 3.36. The third kappa shape index (κ3) is 45.5. The molecule has 0 radical (unpaired) electrons. The molecule has 0 saturated heterocycles. The van der Waals surface area contributed by atoms with E-state index in [1.54, 1.807) is 0 Å². The van der Waals surface area contributed by atoms with Gasteiger partial charge in [-0.3, -0.25) is 0 Å². The fraction of sp³-hybridized carbons (Fsp3) is 1.00. The second-order valence-electron chi connectivity index (χ2n) is 15.4. The third-order valence-electron chi connectivity index (χ3n) is 9.54. The molecule has 69 heavy (non-hydrogen) atoms. The normalized spacial score (nSPS) is 12.3. The van der Waals surface area contributed by atoms with Gasteiger partial charge >= 0.3 is 0 Å². The molecule has 0 N–H and O–H groups in total. The van der Waals surface area contributed by atoms with Crippen LogP contribution < -0.4 is 0 Å². The lowest BCUT2D eigenvalue weighted by Gasteiger charge is -2.37. The lowest BCUT2D eigenvalue weighted by molar-refractivity contribution is -0.184. The smallest absolute Gasteiger partial charge is 0.104 e. The van der Waals surface area contributed by atoms with Gasteiger partial charge in [0, 0.05) is 52.9 Å². The van der Waals surface area contributed by atoms with Gasteiger partial charge in [0.05, 0.1) is 190 Å². The van der Waals surface area contributed by atoms with Crippen molar-refractivity contribution < 1.29 is 94.7 Å². The molecule has 0 fully saturated rings. The Morgan fingerprint density at radius 3 is 0.464 bits per heavy atom. The largest absolute Gasteiger partial charge is 0.379 e. The molecule has 0 aromatic heterocycles. The Hall–Kier alpha value is -0.800. The Balaban J connectivity index is 7.10. The Morgan fingerprint density at radius 2 is 0.333 bits per heavy atom. The van der Waals surface area contributed by atoms with Crippen molar-refractivity contribution in [1.29, 1.82) is 0 Å². The lowest BCUT2D eigenvalue weighted by atomic mass is 9.91. The molecule has 416 valence electrons. The summed E-state index contributed by atoms with van der Waals surface area (Å²) >= 11 is 0. The third-order valence-corrected chi connectivity index (χ3v) is 9.54. The SMILES string of the molecule is CCOCCOCC(COCCOCC)OCC(COC(COCCOCC)COCCOCC)(COC(COCCOCC)COCCOCC)COC(COCCOCC)COCCOCC. The van der Waals surface area contributed by atoms with E-state index >= 15 is 0 Å². The molecule has 0 saturated carbocycles. The molecule has 0 rings (SSSR count). The van der Waals surface area contributed by atoms with Gasteiger partial charge in [0.15, 0.2) is 0 Å². The summed E-state index contributed by atoms with van der Waals surface area (Å²) in [6, 6.07) is 0. The van der Waals surface area contributed by atoms with E-state index in [2.05, 4.69) is 0 Å². The fourth-order valence-electron chi connectivity index (χ4n) is 5.82. The van der Waals surface area contributed by atoms with Gasteiger partial charge in [-0.15, -0.1) is 0 Å². The van der Waals surface area contributed by atoms with Crippen LogP contribution in [0.5, 0.6) is 0 Å². The van der Waals surface area contributed by atoms with Gasteiger partial charge in [-0.05, 0) is 55.4 Å². The van der Waals surface area contributed by atoms with Crippen LogP contribution in [-0.4, -0.2) is 262 Å². The van der Waals surface area contributed by atoms with E-state index in [0.717, 1.165) is 0 Å². The van der Waals surface area contributed by atoms with Crippen molar-refractivity contribution in [3.63, 3.8) is 0 Å². The molecule has 0 atom stereocenters. The van der Waals surface area contributed by atoms with E-state index in [1.807, 2.05) is 55.4 Å². The number of hydrogen-bond acceptors (Lipinski definition) is 20. The van der Waals surface area contributed by atoms with Crippen molar-refractivity contribution in [2.45, 2.75) is 79.8 Å². The number of rotatable bonds is 60. The zero-order chi connectivity index (χ0) is 50.4. The summed E-state index contributed by atoms with van der Waals surface area (Å²) in [4.78, 5) is 0. The summed E-state index contributed by atoms with van der Waals surface area (Å²) in [6.07, 6.45) is -1.92. The molecule has 0 amide bonds. The maximum atomic E-state index is 6.81. The van der Waals surface area contributed by atoms with Gasteiger partial charge in [0.1, 0.15) is 24.4 Å². The Kier molecular flexibility index (Phi) is 54.3. The highest BCUT2D eigenvalue weighted by Gasteiger charge is 2.37. The molecular weight excluding hydrogens is 909 g/mol. The Labute approximate surface area is 417 Å². The van der Waals surface area contributed by atoms with Gasteiger partial charge < -0.3 is 94.7 Å². The zero-order valence-electron chi connectivity index (χ0n) is 44.4. The van der Waals surface area contributed by atoms with Crippen LogP contribution in [0.15, 0.2) is 0 Å². The number of hydrogen-bond donors (Lipinski definition) is 0. The van der Waals surface area contributed by atoms with Gasteiger partial charge in [-0.2, -0.15) is 0 Å². The minimum atomic E-state index is -0.965. The van der Waals surface area contributed by atoms with Crippen LogP contribution in [0, 0.1) is 5.41 Å². The van der Waals surface area contributed by atoms with Crippen molar-refractivity contribution in [3.05, 3.63) is 0 Å².